The van der Waals surface area contributed by atoms with E-state index in [0.29, 0.717) is 22.5 Å². The molecule has 4 heteroatoms. The molecule has 104 valence electrons. The second-order valence-corrected chi connectivity index (χ2v) is 6.42. The fraction of sp³-hybridized carbons (Fsp3) is 0.533. The zero-order valence-corrected chi connectivity index (χ0v) is 13.4. The van der Waals surface area contributed by atoms with Crippen molar-refractivity contribution in [3.8, 4) is 0 Å². The largest absolute Gasteiger partial charge is 0.349 e. The highest BCUT2D eigenvalue weighted by Crippen LogP contribution is 2.27. The van der Waals surface area contributed by atoms with Gasteiger partial charge in [-0.3, -0.25) is 4.79 Å². The molecule has 1 aromatic carbocycles. The first-order valence-corrected chi connectivity index (χ1v) is 8.04. The number of rotatable bonds is 3. The maximum atomic E-state index is 12.3. The molecule has 0 heterocycles. The fourth-order valence-electron chi connectivity index (χ4n) is 2.78. The third-order valence-electron chi connectivity index (χ3n) is 3.93. The van der Waals surface area contributed by atoms with Crippen molar-refractivity contribution in [3.05, 3.63) is 33.3 Å². The summed E-state index contributed by atoms with van der Waals surface area (Å²) >= 11 is 9.36. The summed E-state index contributed by atoms with van der Waals surface area (Å²) in [6.45, 7) is 2.20. The Morgan fingerprint density at radius 2 is 2.16 bits per heavy atom. The van der Waals surface area contributed by atoms with Gasteiger partial charge in [-0.15, -0.1) is 0 Å². The minimum atomic E-state index is -0.0141. The van der Waals surface area contributed by atoms with E-state index in [0.717, 1.165) is 17.3 Å². The van der Waals surface area contributed by atoms with Gasteiger partial charge in [0.2, 0.25) is 0 Å². The molecular formula is C15H19BrClNO. The van der Waals surface area contributed by atoms with Crippen LogP contribution in [0, 0.1) is 5.92 Å². The molecule has 19 heavy (non-hydrogen) atoms. The average Bonchev–Trinajstić information content (AvgIpc) is 2.42. The Labute approximate surface area is 128 Å². The lowest BCUT2D eigenvalue weighted by Gasteiger charge is -2.31. The first-order chi connectivity index (χ1) is 9.11. The Balaban J connectivity index is 2.05. The minimum absolute atomic E-state index is 0.0141. The van der Waals surface area contributed by atoms with Crippen molar-refractivity contribution in [2.45, 2.75) is 45.1 Å². The van der Waals surface area contributed by atoms with E-state index in [9.17, 15) is 4.79 Å². The van der Waals surface area contributed by atoms with Crippen molar-refractivity contribution in [1.82, 2.24) is 5.32 Å². The molecule has 1 saturated carbocycles. The van der Waals surface area contributed by atoms with Gasteiger partial charge in [-0.05, 0) is 52.9 Å². The number of amides is 1. The lowest BCUT2D eigenvalue weighted by molar-refractivity contribution is 0.0904. The number of halogens is 2. The Hall–Kier alpha value is -0.540. The van der Waals surface area contributed by atoms with Crippen molar-refractivity contribution >= 4 is 33.4 Å². The van der Waals surface area contributed by atoms with Gasteiger partial charge in [-0.25, -0.2) is 0 Å². The van der Waals surface area contributed by atoms with Crippen molar-refractivity contribution in [1.29, 1.82) is 0 Å². The highest BCUT2D eigenvalue weighted by molar-refractivity contribution is 9.10. The van der Waals surface area contributed by atoms with Crippen LogP contribution >= 0.6 is 27.5 Å². The summed E-state index contributed by atoms with van der Waals surface area (Å²) in [7, 11) is 0. The van der Waals surface area contributed by atoms with Crippen LogP contribution in [0.4, 0.5) is 0 Å². The van der Waals surface area contributed by atoms with Gasteiger partial charge in [-0.2, -0.15) is 0 Å². The van der Waals surface area contributed by atoms with Crippen LogP contribution in [0.25, 0.3) is 0 Å². The second-order valence-electron chi connectivity index (χ2n) is 5.16. The number of carbonyl (C=O) groups is 1. The van der Waals surface area contributed by atoms with Crippen LogP contribution in [0.5, 0.6) is 0 Å². The zero-order chi connectivity index (χ0) is 13.8. The zero-order valence-electron chi connectivity index (χ0n) is 11.1. The molecule has 2 unspecified atom stereocenters. The molecule has 0 bridgehead atoms. The van der Waals surface area contributed by atoms with Gasteiger partial charge in [0.1, 0.15) is 0 Å². The molecule has 1 aromatic rings. The van der Waals surface area contributed by atoms with Gasteiger partial charge in [-0.1, -0.05) is 37.8 Å². The topological polar surface area (TPSA) is 29.1 Å². The molecule has 1 N–H and O–H groups in total. The quantitative estimate of drug-likeness (QED) is 0.838. The molecule has 0 saturated heterocycles. The summed E-state index contributed by atoms with van der Waals surface area (Å²) in [6, 6.07) is 5.64. The number of hydrogen-bond donors (Lipinski definition) is 1. The Morgan fingerprint density at radius 1 is 1.42 bits per heavy atom. The molecule has 2 rings (SSSR count). The van der Waals surface area contributed by atoms with E-state index >= 15 is 0 Å². The third kappa shape index (κ3) is 3.73. The van der Waals surface area contributed by atoms with Gasteiger partial charge in [0.25, 0.3) is 5.91 Å². The molecule has 2 nitrogen and oxygen atoms in total. The van der Waals surface area contributed by atoms with Crippen LogP contribution in [0.2, 0.25) is 5.02 Å². The predicted octanol–water partition coefficient (Wildman–Crippen LogP) is 4.80. The van der Waals surface area contributed by atoms with Gasteiger partial charge in [0.05, 0.1) is 5.02 Å². The Morgan fingerprint density at radius 3 is 2.84 bits per heavy atom. The molecular weight excluding hydrogens is 326 g/mol. The molecule has 0 radical (unpaired) electrons. The normalized spacial score (nSPS) is 23.1. The van der Waals surface area contributed by atoms with Gasteiger partial charge in [0.15, 0.2) is 0 Å². The van der Waals surface area contributed by atoms with E-state index in [2.05, 4.69) is 28.2 Å². The molecule has 1 aliphatic carbocycles. The molecule has 0 aliphatic heterocycles. The first kappa shape index (κ1) is 14.9. The van der Waals surface area contributed by atoms with E-state index < -0.39 is 0 Å². The maximum absolute atomic E-state index is 12.3. The van der Waals surface area contributed by atoms with Gasteiger partial charge in [0, 0.05) is 16.1 Å². The summed E-state index contributed by atoms with van der Waals surface area (Å²) in [4.78, 5) is 12.3. The minimum Gasteiger partial charge on any atom is -0.349 e. The highest BCUT2D eigenvalue weighted by atomic mass is 79.9. The van der Waals surface area contributed by atoms with Crippen molar-refractivity contribution in [3.63, 3.8) is 0 Å². The Bertz CT molecular complexity index is 463. The van der Waals surface area contributed by atoms with E-state index in [1.807, 2.05) is 6.07 Å². The molecule has 0 aromatic heterocycles. The molecule has 0 spiro atoms. The molecule has 1 fully saturated rings. The summed E-state index contributed by atoms with van der Waals surface area (Å²) in [6.07, 6.45) is 5.95. The van der Waals surface area contributed by atoms with E-state index in [4.69, 9.17) is 11.6 Å². The fourth-order valence-corrected chi connectivity index (χ4v) is 3.20. The van der Waals surface area contributed by atoms with Crippen LogP contribution in [0.3, 0.4) is 0 Å². The molecule has 2 atom stereocenters. The lowest BCUT2D eigenvalue weighted by atomic mass is 9.83. The second kappa shape index (κ2) is 6.76. The van der Waals surface area contributed by atoms with Gasteiger partial charge < -0.3 is 5.32 Å². The predicted molar refractivity (Wildman–Crippen MR) is 82.7 cm³/mol. The maximum Gasteiger partial charge on any atom is 0.251 e. The highest BCUT2D eigenvalue weighted by Gasteiger charge is 2.25. The summed E-state index contributed by atoms with van der Waals surface area (Å²) in [5, 5.41) is 3.74. The van der Waals surface area contributed by atoms with Crippen LogP contribution in [0.15, 0.2) is 22.7 Å². The summed E-state index contributed by atoms with van der Waals surface area (Å²) in [5.74, 6) is 0.600. The number of benzene rings is 1. The van der Waals surface area contributed by atoms with Crippen LogP contribution in [0.1, 0.15) is 49.4 Å². The first-order valence-electron chi connectivity index (χ1n) is 6.87. The number of carbonyl (C=O) groups excluding carboxylic acids is 1. The number of nitrogens with one attached hydrogen (secondary N) is 1. The van der Waals surface area contributed by atoms with Crippen molar-refractivity contribution in [2.75, 3.05) is 0 Å². The molecule has 1 aliphatic rings. The monoisotopic (exact) mass is 343 g/mol. The van der Waals surface area contributed by atoms with E-state index in [1.54, 1.807) is 12.1 Å². The summed E-state index contributed by atoms with van der Waals surface area (Å²) in [5.41, 5.74) is 0.633. The standard InChI is InChI=1S/C15H19BrClNO/c1-2-10-5-3-4-6-14(10)18-15(19)11-7-8-12(16)13(17)9-11/h7-10,14H,2-6H2,1H3,(H,18,19). The van der Waals surface area contributed by atoms with E-state index in [1.165, 1.54) is 19.3 Å². The number of hydrogen-bond acceptors (Lipinski definition) is 1. The van der Waals surface area contributed by atoms with Crippen molar-refractivity contribution < 1.29 is 4.79 Å². The summed E-state index contributed by atoms with van der Waals surface area (Å²) < 4.78 is 0.815. The van der Waals surface area contributed by atoms with Crippen LogP contribution in [-0.4, -0.2) is 11.9 Å². The lowest BCUT2D eigenvalue weighted by Crippen LogP contribution is -2.41. The molecule has 1 amide bonds. The van der Waals surface area contributed by atoms with E-state index in [-0.39, 0.29) is 5.91 Å². The van der Waals surface area contributed by atoms with Crippen LogP contribution < -0.4 is 5.32 Å². The average molecular weight is 345 g/mol. The van der Waals surface area contributed by atoms with Gasteiger partial charge >= 0.3 is 0 Å². The third-order valence-corrected chi connectivity index (χ3v) is 5.16. The SMILES string of the molecule is CCC1CCCCC1NC(=O)c1ccc(Br)c(Cl)c1. The Kier molecular flexibility index (Phi) is 5.28. The van der Waals surface area contributed by atoms with Crippen molar-refractivity contribution in [2.24, 2.45) is 5.92 Å². The smallest absolute Gasteiger partial charge is 0.251 e. The van der Waals surface area contributed by atoms with Crippen LogP contribution in [-0.2, 0) is 0 Å².